The monoisotopic (exact) mass is 226 g/mol. The van der Waals surface area contributed by atoms with Crippen LogP contribution in [0.3, 0.4) is 0 Å². The molecule has 0 aliphatic carbocycles. The van der Waals surface area contributed by atoms with Crippen molar-refractivity contribution in [2.75, 3.05) is 0 Å². The zero-order chi connectivity index (χ0) is 10.9. The number of hydrogen-bond acceptors (Lipinski definition) is 4. The van der Waals surface area contributed by atoms with Crippen molar-refractivity contribution in [3.8, 4) is 0 Å². The van der Waals surface area contributed by atoms with Gasteiger partial charge in [0.2, 0.25) is 0 Å². The second kappa shape index (κ2) is 3.39. The summed E-state index contributed by atoms with van der Waals surface area (Å²) in [6, 6.07) is 0. The van der Waals surface area contributed by atoms with Gasteiger partial charge in [-0.05, 0) is 0 Å². The Morgan fingerprint density at radius 2 is 1.15 bits per heavy atom. The molecular formula is C4H6F4O4S. The minimum absolute atomic E-state index is 0.0711. The van der Waals surface area contributed by atoms with Crippen molar-refractivity contribution in [2.24, 2.45) is 0 Å². The molecule has 9 heteroatoms. The molecule has 80 valence electrons. The normalized spacial score (nSPS) is 14.6. The van der Waals surface area contributed by atoms with Gasteiger partial charge in [-0.25, -0.2) is 0 Å². The van der Waals surface area contributed by atoms with Gasteiger partial charge in [-0.3, -0.25) is 0 Å². The van der Waals surface area contributed by atoms with E-state index in [1.807, 2.05) is 0 Å². The van der Waals surface area contributed by atoms with Crippen LogP contribution < -0.4 is 0 Å². The van der Waals surface area contributed by atoms with E-state index < -0.39 is 22.6 Å². The fraction of sp³-hybridized carbons (Fsp3) is 1.00. The highest BCUT2D eigenvalue weighted by Crippen LogP contribution is 2.23. The Morgan fingerprint density at radius 1 is 0.923 bits per heavy atom. The summed E-state index contributed by atoms with van der Waals surface area (Å²) in [7, 11) is -5.40. The van der Waals surface area contributed by atoms with Crippen molar-refractivity contribution >= 4 is 10.4 Å². The summed E-state index contributed by atoms with van der Waals surface area (Å²) in [6.07, 6.45) is -8.19. The van der Waals surface area contributed by atoms with E-state index in [-0.39, 0.29) is 13.8 Å². The van der Waals surface area contributed by atoms with E-state index in [9.17, 15) is 26.0 Å². The molecule has 4 nitrogen and oxygen atoms in total. The quantitative estimate of drug-likeness (QED) is 0.681. The van der Waals surface area contributed by atoms with Crippen molar-refractivity contribution < 1.29 is 34.3 Å². The summed E-state index contributed by atoms with van der Waals surface area (Å²) in [6.45, 7) is 0.142. The third-order valence-corrected chi connectivity index (χ3v) is 1.49. The van der Waals surface area contributed by atoms with Gasteiger partial charge in [0.15, 0.2) is 0 Å². The zero-order valence-electron chi connectivity index (χ0n) is 6.55. The van der Waals surface area contributed by atoms with Crippen molar-refractivity contribution in [1.82, 2.24) is 0 Å². The van der Waals surface area contributed by atoms with E-state index in [1.165, 1.54) is 0 Å². The molecule has 0 aromatic heterocycles. The Kier molecular flexibility index (Phi) is 3.28. The molecule has 0 aliphatic heterocycles. The van der Waals surface area contributed by atoms with E-state index in [0.29, 0.717) is 0 Å². The molecule has 0 N–H and O–H groups in total. The van der Waals surface area contributed by atoms with Crippen LogP contribution in [0.5, 0.6) is 0 Å². The summed E-state index contributed by atoms with van der Waals surface area (Å²) in [4.78, 5) is 0. The molecule has 0 spiro atoms. The minimum atomic E-state index is -5.40. The molecule has 0 fully saturated rings. The lowest BCUT2D eigenvalue weighted by Gasteiger charge is -2.13. The third-order valence-electron chi connectivity index (χ3n) is 0.497. The highest BCUT2D eigenvalue weighted by molar-refractivity contribution is 7.81. The maximum Gasteiger partial charge on any atom is 0.409 e. The molecule has 0 saturated heterocycles. The average molecular weight is 226 g/mol. The summed E-state index contributed by atoms with van der Waals surface area (Å²) in [5.41, 5.74) is 0. The van der Waals surface area contributed by atoms with E-state index in [2.05, 4.69) is 8.37 Å². The number of alkyl halides is 4. The standard InChI is InChI=1S/C4H6F4O4S/c1-3(5,6)11-13(9,10)12-4(2,7)8/h1-2H3. The molecular weight excluding hydrogens is 220 g/mol. The maximum absolute atomic E-state index is 11.9. The van der Waals surface area contributed by atoms with Crippen LogP contribution in [0.2, 0.25) is 0 Å². The van der Waals surface area contributed by atoms with Gasteiger partial charge in [0.05, 0.1) is 0 Å². The number of halogens is 4. The van der Waals surface area contributed by atoms with Gasteiger partial charge in [-0.2, -0.15) is 34.3 Å². The fourth-order valence-corrected chi connectivity index (χ4v) is 1.13. The van der Waals surface area contributed by atoms with Crippen LogP contribution in [0.4, 0.5) is 17.6 Å². The molecule has 13 heavy (non-hydrogen) atoms. The Morgan fingerprint density at radius 3 is 1.31 bits per heavy atom. The van der Waals surface area contributed by atoms with Gasteiger partial charge < -0.3 is 0 Å². The van der Waals surface area contributed by atoms with Crippen LogP contribution in [0.15, 0.2) is 0 Å². The molecule has 0 aliphatic rings. The van der Waals surface area contributed by atoms with Gasteiger partial charge >= 0.3 is 22.6 Å². The van der Waals surface area contributed by atoms with Crippen LogP contribution >= 0.6 is 0 Å². The number of hydrogen-bond donors (Lipinski definition) is 0. The second-order valence-electron chi connectivity index (χ2n) is 2.19. The van der Waals surface area contributed by atoms with Gasteiger partial charge in [-0.15, -0.1) is 0 Å². The van der Waals surface area contributed by atoms with Gasteiger partial charge in [0.25, 0.3) is 0 Å². The Labute approximate surface area is 71.8 Å². The van der Waals surface area contributed by atoms with Gasteiger partial charge in [-0.1, -0.05) is 0 Å². The molecule has 0 bridgehead atoms. The van der Waals surface area contributed by atoms with E-state index >= 15 is 0 Å². The predicted molar refractivity (Wildman–Crippen MR) is 32.3 cm³/mol. The topological polar surface area (TPSA) is 52.6 Å². The van der Waals surface area contributed by atoms with Gasteiger partial charge in [0.1, 0.15) is 0 Å². The first-order chi connectivity index (χ1) is 5.41. The van der Waals surface area contributed by atoms with Crippen molar-refractivity contribution in [2.45, 2.75) is 26.1 Å². The van der Waals surface area contributed by atoms with E-state index in [1.54, 1.807) is 0 Å². The molecule has 0 heterocycles. The predicted octanol–water partition coefficient (Wildman–Crippen LogP) is 1.49. The lowest BCUT2D eigenvalue weighted by atomic mass is 10.8. The Balaban J connectivity index is 4.46. The molecule has 0 saturated carbocycles. The first kappa shape index (κ1) is 12.6. The van der Waals surface area contributed by atoms with Crippen LogP contribution in [0, 0.1) is 0 Å². The summed E-state index contributed by atoms with van der Waals surface area (Å²) >= 11 is 0. The van der Waals surface area contributed by atoms with Crippen molar-refractivity contribution in [3.63, 3.8) is 0 Å². The molecule has 0 unspecified atom stereocenters. The van der Waals surface area contributed by atoms with Crippen molar-refractivity contribution in [1.29, 1.82) is 0 Å². The molecule has 0 atom stereocenters. The molecule has 0 radical (unpaired) electrons. The SMILES string of the molecule is CC(F)(F)OS(=O)(=O)OC(C)(F)F. The number of rotatable bonds is 4. The lowest BCUT2D eigenvalue weighted by molar-refractivity contribution is -0.194. The Bertz CT molecular complexity index is 239. The second-order valence-corrected chi connectivity index (χ2v) is 3.34. The van der Waals surface area contributed by atoms with Crippen LogP contribution in [-0.2, 0) is 18.8 Å². The molecule has 0 amide bonds. The lowest BCUT2D eigenvalue weighted by Crippen LogP contribution is -2.28. The van der Waals surface area contributed by atoms with E-state index in [0.717, 1.165) is 0 Å². The largest absolute Gasteiger partial charge is 0.409 e. The minimum Gasteiger partial charge on any atom is -0.178 e. The van der Waals surface area contributed by atoms with Crippen LogP contribution in [-0.4, -0.2) is 20.6 Å². The summed E-state index contributed by atoms with van der Waals surface area (Å²) < 4.78 is 73.9. The van der Waals surface area contributed by atoms with Crippen LogP contribution in [0.1, 0.15) is 13.8 Å². The summed E-state index contributed by atoms with van der Waals surface area (Å²) in [5, 5.41) is 0. The summed E-state index contributed by atoms with van der Waals surface area (Å²) in [5.74, 6) is 0. The first-order valence-electron chi connectivity index (χ1n) is 2.83. The third kappa shape index (κ3) is 7.94. The fourth-order valence-electron chi connectivity index (χ4n) is 0.375. The molecule has 0 rings (SSSR count). The average Bonchev–Trinajstić information content (AvgIpc) is 1.43. The highest BCUT2D eigenvalue weighted by atomic mass is 32.3. The first-order valence-corrected chi connectivity index (χ1v) is 4.16. The zero-order valence-corrected chi connectivity index (χ0v) is 7.37. The van der Waals surface area contributed by atoms with Crippen LogP contribution in [0.25, 0.3) is 0 Å². The van der Waals surface area contributed by atoms with Gasteiger partial charge in [0, 0.05) is 13.8 Å². The maximum atomic E-state index is 11.9. The molecule has 0 aromatic carbocycles. The molecule has 0 aromatic rings. The highest BCUT2D eigenvalue weighted by Gasteiger charge is 2.38. The Hall–Kier alpha value is -0.410. The van der Waals surface area contributed by atoms with E-state index in [4.69, 9.17) is 0 Å². The smallest absolute Gasteiger partial charge is 0.178 e. The van der Waals surface area contributed by atoms with Crippen molar-refractivity contribution in [3.05, 3.63) is 0 Å².